The maximum absolute atomic E-state index is 12.4. The smallest absolute Gasteiger partial charge is 0.200 e. The van der Waals surface area contributed by atoms with Crippen LogP contribution in [0.2, 0.25) is 0 Å². The van der Waals surface area contributed by atoms with Gasteiger partial charge >= 0.3 is 0 Å². The molecule has 0 saturated heterocycles. The van der Waals surface area contributed by atoms with Crippen molar-refractivity contribution in [3.05, 3.63) is 59.0 Å². The lowest BCUT2D eigenvalue weighted by Gasteiger charge is -2.06. The molecule has 0 heterocycles. The van der Waals surface area contributed by atoms with Crippen LogP contribution in [0.1, 0.15) is 11.1 Å². The second kappa shape index (κ2) is 6.64. The van der Waals surface area contributed by atoms with Crippen molar-refractivity contribution in [1.29, 1.82) is 0 Å². The fourth-order valence-electron chi connectivity index (χ4n) is 2.03. The van der Waals surface area contributed by atoms with Crippen LogP contribution in [-0.2, 0) is 16.3 Å². The number of rotatable bonds is 5. The van der Waals surface area contributed by atoms with Crippen LogP contribution in [0.15, 0.2) is 52.8 Å². The molecule has 2 rings (SSSR count). The van der Waals surface area contributed by atoms with Gasteiger partial charge in [-0.05, 0) is 48.4 Å². The monoisotopic (exact) mass is 319 g/mol. The molecular weight excluding hydrogens is 302 g/mol. The highest BCUT2D eigenvalue weighted by Crippen LogP contribution is 2.26. The van der Waals surface area contributed by atoms with Gasteiger partial charge in [0.2, 0.25) is 0 Å². The molecule has 6 heteroatoms. The number of hydrogen-bond acceptors (Lipinski definition) is 5. The second-order valence-electron chi connectivity index (χ2n) is 4.74. The van der Waals surface area contributed by atoms with E-state index in [1.807, 2.05) is 0 Å². The molecule has 0 saturated carbocycles. The Bertz CT molecular complexity index is 798. The molecule has 2 aromatic carbocycles. The van der Waals surface area contributed by atoms with Crippen LogP contribution in [0.5, 0.6) is 11.5 Å². The highest BCUT2D eigenvalue weighted by Gasteiger charge is 2.14. The molecule has 0 aliphatic rings. The Balaban J connectivity index is 2.35. The van der Waals surface area contributed by atoms with Crippen molar-refractivity contribution in [2.75, 3.05) is 6.54 Å². The molecule has 5 nitrogen and oxygen atoms in total. The van der Waals surface area contributed by atoms with Crippen LogP contribution in [0.3, 0.4) is 0 Å². The summed E-state index contributed by atoms with van der Waals surface area (Å²) in [5.41, 5.74) is 6.64. The first kappa shape index (κ1) is 16.1. The molecule has 0 unspecified atom stereocenters. The summed E-state index contributed by atoms with van der Waals surface area (Å²) < 4.78 is 24.8. The lowest BCUT2D eigenvalue weighted by Crippen LogP contribution is -2.07. The number of nitrogens with two attached hydrogens (primary N) is 1. The summed E-state index contributed by atoms with van der Waals surface area (Å²) in [5, 5.41) is 19.7. The van der Waals surface area contributed by atoms with Crippen LogP contribution in [0.25, 0.3) is 6.08 Å². The van der Waals surface area contributed by atoms with Gasteiger partial charge in [-0.25, -0.2) is 8.42 Å². The number of phenols is 2. The number of benzene rings is 2. The van der Waals surface area contributed by atoms with E-state index in [-0.39, 0.29) is 16.4 Å². The van der Waals surface area contributed by atoms with Crippen molar-refractivity contribution >= 4 is 15.9 Å². The molecule has 0 fully saturated rings. The average Bonchev–Trinajstić information content (AvgIpc) is 2.49. The zero-order valence-electron chi connectivity index (χ0n) is 11.8. The van der Waals surface area contributed by atoms with Crippen LogP contribution in [0, 0.1) is 0 Å². The maximum atomic E-state index is 12.4. The molecule has 0 atom stereocenters. The molecule has 0 amide bonds. The molecule has 0 aliphatic heterocycles. The third-order valence-electron chi connectivity index (χ3n) is 3.13. The lowest BCUT2D eigenvalue weighted by atomic mass is 10.1. The van der Waals surface area contributed by atoms with E-state index in [0.717, 1.165) is 5.41 Å². The minimum atomic E-state index is -3.61. The fourth-order valence-corrected chi connectivity index (χ4v) is 3.32. The summed E-state index contributed by atoms with van der Waals surface area (Å²) in [6.45, 7) is 0.363. The number of phenolic OH excluding ortho intramolecular Hbond substituents is 2. The minimum Gasteiger partial charge on any atom is -0.504 e. The molecular formula is C16H17NO4S. The van der Waals surface area contributed by atoms with E-state index < -0.39 is 9.84 Å². The first-order chi connectivity index (χ1) is 10.4. The standard InChI is InChI=1S/C16H17NO4S/c17-9-7-13-3-1-2-4-16(13)22(20,21)10-8-12-5-6-14(18)15(19)11-12/h1-6,8,10-11,18-19H,7,9,17H2/b10-8+. The molecule has 0 aliphatic carbocycles. The first-order valence-corrected chi connectivity index (χ1v) is 8.22. The van der Waals surface area contributed by atoms with Crippen LogP contribution < -0.4 is 5.73 Å². The van der Waals surface area contributed by atoms with Gasteiger partial charge in [0, 0.05) is 5.41 Å². The maximum Gasteiger partial charge on any atom is 0.200 e. The number of hydrogen-bond donors (Lipinski definition) is 3. The van der Waals surface area contributed by atoms with Crippen LogP contribution in [-0.4, -0.2) is 25.2 Å². The Morgan fingerprint density at radius 2 is 1.77 bits per heavy atom. The van der Waals surface area contributed by atoms with Gasteiger partial charge in [-0.3, -0.25) is 0 Å². The number of aromatic hydroxyl groups is 2. The van der Waals surface area contributed by atoms with E-state index >= 15 is 0 Å². The van der Waals surface area contributed by atoms with E-state index in [0.29, 0.717) is 24.1 Å². The van der Waals surface area contributed by atoms with Gasteiger partial charge in [-0.15, -0.1) is 0 Å². The molecule has 0 bridgehead atoms. The van der Waals surface area contributed by atoms with Gasteiger partial charge in [0.15, 0.2) is 21.3 Å². The molecule has 116 valence electrons. The van der Waals surface area contributed by atoms with Crippen molar-refractivity contribution in [2.45, 2.75) is 11.3 Å². The Morgan fingerprint density at radius 1 is 1.05 bits per heavy atom. The van der Waals surface area contributed by atoms with E-state index in [4.69, 9.17) is 5.73 Å². The summed E-state index contributed by atoms with van der Waals surface area (Å²) in [5.74, 6) is -0.559. The van der Waals surface area contributed by atoms with E-state index in [2.05, 4.69) is 0 Å². The molecule has 22 heavy (non-hydrogen) atoms. The molecule has 0 radical (unpaired) electrons. The van der Waals surface area contributed by atoms with Crippen molar-refractivity contribution in [2.24, 2.45) is 5.73 Å². The summed E-state index contributed by atoms with van der Waals surface area (Å²) in [7, 11) is -3.61. The quantitative estimate of drug-likeness (QED) is 0.732. The van der Waals surface area contributed by atoms with E-state index in [1.54, 1.807) is 24.3 Å². The molecule has 0 aromatic heterocycles. The van der Waals surface area contributed by atoms with Gasteiger partial charge in [-0.1, -0.05) is 24.3 Å². The summed E-state index contributed by atoms with van der Waals surface area (Å²) in [6.07, 6.45) is 1.84. The molecule has 0 spiro atoms. The lowest BCUT2D eigenvalue weighted by molar-refractivity contribution is 0.403. The topological polar surface area (TPSA) is 101 Å². The minimum absolute atomic E-state index is 0.222. The normalized spacial score (nSPS) is 11.9. The molecule has 2 aromatic rings. The third-order valence-corrected chi connectivity index (χ3v) is 4.64. The van der Waals surface area contributed by atoms with Crippen molar-refractivity contribution in [1.82, 2.24) is 0 Å². The Kier molecular flexibility index (Phi) is 4.85. The third kappa shape index (κ3) is 3.66. The van der Waals surface area contributed by atoms with E-state index in [1.165, 1.54) is 24.3 Å². The largest absolute Gasteiger partial charge is 0.504 e. The molecule has 4 N–H and O–H groups in total. The van der Waals surface area contributed by atoms with Gasteiger partial charge in [-0.2, -0.15) is 0 Å². The van der Waals surface area contributed by atoms with Crippen molar-refractivity contribution in [3.63, 3.8) is 0 Å². The predicted molar refractivity (Wildman–Crippen MR) is 85.2 cm³/mol. The van der Waals surface area contributed by atoms with Gasteiger partial charge in [0.05, 0.1) is 4.90 Å². The Morgan fingerprint density at radius 3 is 2.45 bits per heavy atom. The first-order valence-electron chi connectivity index (χ1n) is 6.67. The Hall–Kier alpha value is -2.31. The van der Waals surface area contributed by atoms with Gasteiger partial charge in [0.25, 0.3) is 0 Å². The summed E-state index contributed by atoms with van der Waals surface area (Å²) in [4.78, 5) is 0.222. The van der Waals surface area contributed by atoms with Gasteiger partial charge in [0.1, 0.15) is 0 Å². The average molecular weight is 319 g/mol. The second-order valence-corrected chi connectivity index (χ2v) is 6.54. The number of sulfone groups is 1. The van der Waals surface area contributed by atoms with Crippen LogP contribution >= 0.6 is 0 Å². The fraction of sp³-hybridized carbons (Fsp3) is 0.125. The highest BCUT2D eigenvalue weighted by atomic mass is 32.2. The highest BCUT2D eigenvalue weighted by molar-refractivity contribution is 7.94. The zero-order valence-corrected chi connectivity index (χ0v) is 12.6. The SMILES string of the molecule is NCCc1ccccc1S(=O)(=O)/C=C/c1ccc(O)c(O)c1. The van der Waals surface area contributed by atoms with Crippen molar-refractivity contribution < 1.29 is 18.6 Å². The van der Waals surface area contributed by atoms with Crippen LogP contribution in [0.4, 0.5) is 0 Å². The van der Waals surface area contributed by atoms with Gasteiger partial charge < -0.3 is 15.9 Å². The summed E-state index contributed by atoms with van der Waals surface area (Å²) in [6, 6.07) is 10.8. The predicted octanol–water partition coefficient (Wildman–Crippen LogP) is 2.04. The Labute approximate surface area is 129 Å². The van der Waals surface area contributed by atoms with E-state index in [9.17, 15) is 18.6 Å². The summed E-state index contributed by atoms with van der Waals surface area (Å²) >= 11 is 0. The zero-order chi connectivity index (χ0) is 16.2. The van der Waals surface area contributed by atoms with Crippen molar-refractivity contribution in [3.8, 4) is 11.5 Å².